The van der Waals surface area contributed by atoms with Gasteiger partial charge in [-0.15, -0.1) is 0 Å². The van der Waals surface area contributed by atoms with Gasteiger partial charge < -0.3 is 14.5 Å². The number of rotatable bonds is 6. The highest BCUT2D eigenvalue weighted by Crippen LogP contribution is 2.20. The molecule has 0 fully saturated rings. The second-order valence-electron chi connectivity index (χ2n) is 5.14. The number of anilines is 1. The van der Waals surface area contributed by atoms with Crippen LogP contribution in [0.25, 0.3) is 11.5 Å². The Kier molecular flexibility index (Phi) is 5.03. The molecule has 1 amide bonds. The van der Waals surface area contributed by atoms with Gasteiger partial charge in [-0.3, -0.25) is 4.79 Å². The van der Waals surface area contributed by atoms with E-state index < -0.39 is 6.61 Å². The molecule has 1 aromatic heterocycles. The van der Waals surface area contributed by atoms with Crippen LogP contribution >= 0.6 is 0 Å². The summed E-state index contributed by atoms with van der Waals surface area (Å²) >= 11 is 0. The van der Waals surface area contributed by atoms with Crippen molar-refractivity contribution in [3.8, 4) is 17.2 Å². The third-order valence-corrected chi connectivity index (χ3v) is 3.28. The fourth-order valence-electron chi connectivity index (χ4n) is 2.19. The molecule has 0 bridgehead atoms. The zero-order valence-corrected chi connectivity index (χ0v) is 13.0. The summed E-state index contributed by atoms with van der Waals surface area (Å²) in [6.45, 7) is -2.88. The molecular weight excluding hydrogens is 330 g/mol. The maximum atomic E-state index is 12.1. The lowest BCUT2D eigenvalue weighted by Gasteiger charge is -2.06. The van der Waals surface area contributed by atoms with Gasteiger partial charge in [0.1, 0.15) is 12.0 Å². The molecule has 0 aliphatic carbocycles. The molecular formula is C18H14F2N2O3. The molecule has 5 nitrogen and oxygen atoms in total. The van der Waals surface area contributed by atoms with Crippen molar-refractivity contribution < 1.29 is 22.7 Å². The van der Waals surface area contributed by atoms with Crippen LogP contribution in [0.2, 0.25) is 0 Å². The topological polar surface area (TPSA) is 64.4 Å². The third kappa shape index (κ3) is 4.63. The fourth-order valence-corrected chi connectivity index (χ4v) is 2.19. The van der Waals surface area contributed by atoms with Crippen LogP contribution in [0.4, 0.5) is 14.5 Å². The summed E-state index contributed by atoms with van der Waals surface area (Å²) in [5.74, 6) is 0.171. The molecule has 1 heterocycles. The second kappa shape index (κ2) is 7.57. The van der Waals surface area contributed by atoms with Crippen molar-refractivity contribution in [1.29, 1.82) is 0 Å². The van der Waals surface area contributed by atoms with Crippen molar-refractivity contribution in [1.82, 2.24) is 4.98 Å². The van der Waals surface area contributed by atoms with Crippen LogP contribution < -0.4 is 10.1 Å². The number of hydrogen-bond donors (Lipinski definition) is 1. The van der Waals surface area contributed by atoms with Crippen molar-refractivity contribution in [2.45, 2.75) is 13.0 Å². The van der Waals surface area contributed by atoms with Gasteiger partial charge in [-0.05, 0) is 36.4 Å². The Morgan fingerprint density at radius 3 is 2.52 bits per heavy atom. The van der Waals surface area contributed by atoms with Crippen LogP contribution in [0.15, 0.2) is 65.3 Å². The quantitative estimate of drug-likeness (QED) is 0.730. The average Bonchev–Trinajstić information content (AvgIpc) is 3.05. The lowest BCUT2D eigenvalue weighted by molar-refractivity contribution is -0.115. The first-order chi connectivity index (χ1) is 12.1. The number of hydrogen-bond acceptors (Lipinski definition) is 4. The van der Waals surface area contributed by atoms with E-state index in [0.717, 1.165) is 5.56 Å². The number of carbonyl (C=O) groups is 1. The number of amides is 1. The van der Waals surface area contributed by atoms with Gasteiger partial charge in [0.25, 0.3) is 0 Å². The Balaban J connectivity index is 1.58. The molecule has 0 saturated carbocycles. The minimum Gasteiger partial charge on any atom is -0.444 e. The van der Waals surface area contributed by atoms with Gasteiger partial charge in [0.2, 0.25) is 11.8 Å². The number of ether oxygens (including phenoxy) is 1. The zero-order chi connectivity index (χ0) is 17.6. The lowest BCUT2D eigenvalue weighted by atomic mass is 10.2. The van der Waals surface area contributed by atoms with E-state index in [1.165, 1.54) is 30.5 Å². The molecule has 0 spiro atoms. The van der Waals surface area contributed by atoms with Gasteiger partial charge in [-0.2, -0.15) is 8.78 Å². The van der Waals surface area contributed by atoms with Crippen molar-refractivity contribution in [3.05, 3.63) is 66.6 Å². The molecule has 128 valence electrons. The molecule has 0 aliphatic rings. The van der Waals surface area contributed by atoms with Gasteiger partial charge in [-0.25, -0.2) is 4.98 Å². The average molecular weight is 344 g/mol. The summed E-state index contributed by atoms with van der Waals surface area (Å²) in [6.07, 6.45) is 1.47. The van der Waals surface area contributed by atoms with Crippen LogP contribution in [0.5, 0.6) is 5.75 Å². The van der Waals surface area contributed by atoms with E-state index in [-0.39, 0.29) is 18.1 Å². The Morgan fingerprint density at radius 2 is 1.84 bits per heavy atom. The van der Waals surface area contributed by atoms with E-state index in [2.05, 4.69) is 15.0 Å². The molecule has 0 unspecified atom stereocenters. The fraction of sp³-hybridized carbons (Fsp3) is 0.111. The number of aromatic nitrogens is 1. The van der Waals surface area contributed by atoms with Gasteiger partial charge in [0, 0.05) is 11.3 Å². The molecule has 0 saturated heterocycles. The highest BCUT2D eigenvalue weighted by Gasteiger charge is 2.11. The van der Waals surface area contributed by atoms with Crippen molar-refractivity contribution in [2.24, 2.45) is 0 Å². The molecule has 3 aromatic rings. The molecule has 0 atom stereocenters. The first-order valence-corrected chi connectivity index (χ1v) is 7.45. The minimum absolute atomic E-state index is 0.0250. The monoisotopic (exact) mass is 344 g/mol. The number of alkyl halides is 2. The number of halogens is 2. The van der Waals surface area contributed by atoms with Crippen molar-refractivity contribution in [2.75, 3.05) is 5.32 Å². The first-order valence-electron chi connectivity index (χ1n) is 7.45. The highest BCUT2D eigenvalue weighted by atomic mass is 19.3. The summed E-state index contributed by atoms with van der Waals surface area (Å²) in [4.78, 5) is 16.3. The van der Waals surface area contributed by atoms with Crippen LogP contribution in [0.1, 0.15) is 5.69 Å². The SMILES string of the molecule is O=C(Cc1coc(-c2ccccc2)n1)Nc1ccc(OC(F)F)cc1. The maximum absolute atomic E-state index is 12.1. The summed E-state index contributed by atoms with van der Waals surface area (Å²) in [6, 6.07) is 15.0. The Labute approximate surface area is 142 Å². The van der Waals surface area contributed by atoms with Crippen LogP contribution in [0.3, 0.4) is 0 Å². The summed E-state index contributed by atoms with van der Waals surface area (Å²) in [7, 11) is 0. The normalized spacial score (nSPS) is 10.7. The van der Waals surface area contributed by atoms with E-state index in [0.29, 0.717) is 17.3 Å². The minimum atomic E-state index is -2.88. The number of benzene rings is 2. The van der Waals surface area contributed by atoms with Gasteiger partial charge in [0.15, 0.2) is 0 Å². The van der Waals surface area contributed by atoms with Crippen molar-refractivity contribution in [3.63, 3.8) is 0 Å². The molecule has 0 aliphatic heterocycles. The molecule has 1 N–H and O–H groups in total. The van der Waals surface area contributed by atoms with E-state index in [1.54, 1.807) is 0 Å². The predicted octanol–water partition coefficient (Wildman–Crippen LogP) is 4.12. The van der Waals surface area contributed by atoms with Gasteiger partial charge >= 0.3 is 6.61 Å². The second-order valence-corrected chi connectivity index (χ2v) is 5.14. The zero-order valence-electron chi connectivity index (χ0n) is 13.0. The Bertz CT molecular complexity index is 833. The number of carbonyl (C=O) groups excluding carboxylic acids is 1. The van der Waals surface area contributed by atoms with Gasteiger partial charge in [0.05, 0.1) is 12.1 Å². The number of nitrogens with zero attached hydrogens (tertiary/aromatic N) is 1. The van der Waals surface area contributed by atoms with E-state index in [9.17, 15) is 13.6 Å². The van der Waals surface area contributed by atoms with E-state index in [1.807, 2.05) is 30.3 Å². The summed E-state index contributed by atoms with van der Waals surface area (Å²) < 4.78 is 33.8. The first kappa shape index (κ1) is 16.6. The number of nitrogens with one attached hydrogen (secondary N) is 1. The van der Waals surface area contributed by atoms with Crippen molar-refractivity contribution >= 4 is 11.6 Å². The molecule has 3 rings (SSSR count). The lowest BCUT2D eigenvalue weighted by Crippen LogP contribution is -2.14. The van der Waals surface area contributed by atoms with E-state index in [4.69, 9.17) is 4.42 Å². The molecule has 0 radical (unpaired) electrons. The van der Waals surface area contributed by atoms with Crippen LogP contribution in [0, 0.1) is 0 Å². The molecule has 25 heavy (non-hydrogen) atoms. The maximum Gasteiger partial charge on any atom is 0.387 e. The predicted molar refractivity (Wildman–Crippen MR) is 87.3 cm³/mol. The van der Waals surface area contributed by atoms with E-state index >= 15 is 0 Å². The Hall–Kier alpha value is -3.22. The van der Waals surface area contributed by atoms with Crippen LogP contribution in [-0.4, -0.2) is 17.5 Å². The molecule has 7 heteroatoms. The van der Waals surface area contributed by atoms with Crippen LogP contribution in [-0.2, 0) is 11.2 Å². The standard InChI is InChI=1S/C18H14F2N2O3/c19-18(20)25-15-8-6-13(7-9-15)21-16(23)10-14-11-24-17(22-14)12-4-2-1-3-5-12/h1-9,11,18H,10H2,(H,21,23). The Morgan fingerprint density at radius 1 is 1.12 bits per heavy atom. The highest BCUT2D eigenvalue weighted by molar-refractivity contribution is 5.92. The summed E-state index contributed by atoms with van der Waals surface area (Å²) in [5.41, 5.74) is 1.79. The van der Waals surface area contributed by atoms with Gasteiger partial charge in [-0.1, -0.05) is 18.2 Å². The number of oxazole rings is 1. The summed E-state index contributed by atoms with van der Waals surface area (Å²) in [5, 5.41) is 2.66. The molecule has 2 aromatic carbocycles. The third-order valence-electron chi connectivity index (χ3n) is 3.28. The smallest absolute Gasteiger partial charge is 0.387 e. The largest absolute Gasteiger partial charge is 0.444 e.